The lowest BCUT2D eigenvalue weighted by atomic mass is 9.96. The van der Waals surface area contributed by atoms with E-state index < -0.39 is 0 Å². The zero-order valence-corrected chi connectivity index (χ0v) is 11.8. The van der Waals surface area contributed by atoms with Gasteiger partial charge < -0.3 is 10.1 Å². The third kappa shape index (κ3) is 2.69. The molecule has 104 valence electrons. The lowest BCUT2D eigenvalue weighted by Gasteiger charge is -2.39. The van der Waals surface area contributed by atoms with Crippen molar-refractivity contribution in [2.45, 2.75) is 38.5 Å². The van der Waals surface area contributed by atoms with Gasteiger partial charge in [-0.2, -0.15) is 0 Å². The largest absolute Gasteiger partial charge is 0.375 e. The summed E-state index contributed by atoms with van der Waals surface area (Å²) in [5.74, 6) is 0. The fraction of sp³-hybridized carbons (Fsp3) is 0.625. The lowest BCUT2D eigenvalue weighted by Crippen LogP contribution is -2.43. The Morgan fingerprint density at radius 3 is 3.05 bits per heavy atom. The van der Waals surface area contributed by atoms with Crippen molar-refractivity contribution in [3.05, 3.63) is 35.4 Å². The molecule has 0 spiro atoms. The Morgan fingerprint density at radius 2 is 2.26 bits per heavy atom. The smallest absolute Gasteiger partial charge is 0.0721 e. The maximum Gasteiger partial charge on any atom is 0.0721 e. The Morgan fingerprint density at radius 1 is 1.37 bits per heavy atom. The van der Waals surface area contributed by atoms with Crippen LogP contribution in [0.3, 0.4) is 0 Å². The summed E-state index contributed by atoms with van der Waals surface area (Å²) in [6, 6.07) is 9.88. The van der Waals surface area contributed by atoms with E-state index in [0.717, 1.165) is 32.8 Å². The van der Waals surface area contributed by atoms with Crippen LogP contribution in [0, 0.1) is 0 Å². The third-order valence-corrected chi connectivity index (χ3v) is 4.33. The van der Waals surface area contributed by atoms with Crippen molar-refractivity contribution >= 4 is 0 Å². The first-order valence-electron chi connectivity index (χ1n) is 7.52. The summed E-state index contributed by atoms with van der Waals surface area (Å²) in [7, 11) is 0. The SMILES string of the molecule is CCCN(C1CCNC1)C1COCc2ccccc21. The second-order valence-electron chi connectivity index (χ2n) is 5.61. The Labute approximate surface area is 115 Å². The molecule has 0 amide bonds. The first-order chi connectivity index (χ1) is 9.40. The number of hydrogen-bond donors (Lipinski definition) is 1. The van der Waals surface area contributed by atoms with Crippen LogP contribution in [0.15, 0.2) is 24.3 Å². The number of benzene rings is 1. The quantitative estimate of drug-likeness (QED) is 0.899. The fourth-order valence-electron chi connectivity index (χ4n) is 3.41. The van der Waals surface area contributed by atoms with Crippen molar-refractivity contribution in [2.75, 3.05) is 26.2 Å². The van der Waals surface area contributed by atoms with Crippen LogP contribution in [-0.4, -0.2) is 37.2 Å². The number of hydrogen-bond acceptors (Lipinski definition) is 3. The highest BCUT2D eigenvalue weighted by atomic mass is 16.5. The molecule has 2 atom stereocenters. The average molecular weight is 260 g/mol. The van der Waals surface area contributed by atoms with E-state index in [1.165, 1.54) is 24.0 Å². The molecular weight excluding hydrogens is 236 g/mol. The number of nitrogens with zero attached hydrogens (tertiary/aromatic N) is 1. The summed E-state index contributed by atoms with van der Waals surface area (Å²) in [4.78, 5) is 2.66. The third-order valence-electron chi connectivity index (χ3n) is 4.33. The summed E-state index contributed by atoms with van der Waals surface area (Å²) in [5.41, 5.74) is 2.85. The molecule has 1 aromatic carbocycles. The van der Waals surface area contributed by atoms with E-state index >= 15 is 0 Å². The molecule has 1 aromatic rings. The van der Waals surface area contributed by atoms with E-state index in [1.54, 1.807) is 0 Å². The maximum absolute atomic E-state index is 5.83. The van der Waals surface area contributed by atoms with Gasteiger partial charge in [0.25, 0.3) is 0 Å². The van der Waals surface area contributed by atoms with Crippen LogP contribution in [0.1, 0.15) is 36.9 Å². The predicted molar refractivity (Wildman–Crippen MR) is 77.1 cm³/mol. The molecular formula is C16H24N2O. The number of nitrogens with one attached hydrogen (secondary N) is 1. The van der Waals surface area contributed by atoms with E-state index in [-0.39, 0.29) is 0 Å². The number of ether oxygens (including phenoxy) is 1. The van der Waals surface area contributed by atoms with Crippen molar-refractivity contribution in [1.82, 2.24) is 10.2 Å². The van der Waals surface area contributed by atoms with Crippen LogP contribution in [0.2, 0.25) is 0 Å². The molecule has 3 rings (SSSR count). The van der Waals surface area contributed by atoms with Crippen LogP contribution < -0.4 is 5.32 Å². The zero-order chi connectivity index (χ0) is 13.1. The highest BCUT2D eigenvalue weighted by Gasteiger charge is 2.31. The molecule has 2 aliphatic heterocycles. The first-order valence-corrected chi connectivity index (χ1v) is 7.52. The van der Waals surface area contributed by atoms with Gasteiger partial charge in [-0.25, -0.2) is 0 Å². The summed E-state index contributed by atoms with van der Waals surface area (Å²) in [6.07, 6.45) is 2.47. The van der Waals surface area contributed by atoms with E-state index in [4.69, 9.17) is 4.74 Å². The minimum absolute atomic E-state index is 0.440. The van der Waals surface area contributed by atoms with Gasteiger partial charge in [0, 0.05) is 12.6 Å². The van der Waals surface area contributed by atoms with E-state index in [0.29, 0.717) is 12.1 Å². The number of rotatable bonds is 4. The van der Waals surface area contributed by atoms with Crippen molar-refractivity contribution in [3.63, 3.8) is 0 Å². The van der Waals surface area contributed by atoms with E-state index in [9.17, 15) is 0 Å². The van der Waals surface area contributed by atoms with Crippen LogP contribution in [0.25, 0.3) is 0 Å². The van der Waals surface area contributed by atoms with Gasteiger partial charge in [-0.05, 0) is 37.1 Å². The summed E-state index contributed by atoms with van der Waals surface area (Å²) in [6.45, 7) is 7.32. The first kappa shape index (κ1) is 13.1. The van der Waals surface area contributed by atoms with Crippen LogP contribution in [-0.2, 0) is 11.3 Å². The molecule has 2 aliphatic rings. The summed E-state index contributed by atoms with van der Waals surface area (Å²) >= 11 is 0. The molecule has 0 saturated carbocycles. The fourth-order valence-corrected chi connectivity index (χ4v) is 3.41. The molecule has 0 aromatic heterocycles. The summed E-state index contributed by atoms with van der Waals surface area (Å²) < 4.78 is 5.83. The molecule has 3 nitrogen and oxygen atoms in total. The van der Waals surface area contributed by atoms with Crippen LogP contribution >= 0.6 is 0 Å². The highest BCUT2D eigenvalue weighted by Crippen LogP contribution is 2.32. The highest BCUT2D eigenvalue weighted by molar-refractivity contribution is 5.31. The molecule has 0 bridgehead atoms. The molecule has 3 heteroatoms. The van der Waals surface area contributed by atoms with Gasteiger partial charge in [-0.1, -0.05) is 31.2 Å². The zero-order valence-electron chi connectivity index (χ0n) is 11.8. The molecule has 1 N–H and O–H groups in total. The van der Waals surface area contributed by atoms with Crippen LogP contribution in [0.5, 0.6) is 0 Å². The minimum atomic E-state index is 0.440. The van der Waals surface area contributed by atoms with Crippen molar-refractivity contribution in [2.24, 2.45) is 0 Å². The number of fused-ring (bicyclic) bond motifs is 1. The van der Waals surface area contributed by atoms with Crippen molar-refractivity contribution in [3.8, 4) is 0 Å². The topological polar surface area (TPSA) is 24.5 Å². The van der Waals surface area contributed by atoms with E-state index in [1.807, 2.05) is 0 Å². The average Bonchev–Trinajstić information content (AvgIpc) is 2.98. The molecule has 19 heavy (non-hydrogen) atoms. The molecule has 1 fully saturated rings. The van der Waals surface area contributed by atoms with Crippen molar-refractivity contribution < 1.29 is 4.74 Å². The molecule has 0 aliphatic carbocycles. The molecule has 1 saturated heterocycles. The normalized spacial score (nSPS) is 26.6. The monoisotopic (exact) mass is 260 g/mol. The molecule has 2 unspecified atom stereocenters. The molecule has 2 heterocycles. The van der Waals surface area contributed by atoms with Crippen molar-refractivity contribution in [1.29, 1.82) is 0 Å². The Kier molecular flexibility index (Phi) is 4.16. The van der Waals surface area contributed by atoms with Crippen LogP contribution in [0.4, 0.5) is 0 Å². The van der Waals surface area contributed by atoms with Gasteiger partial charge in [0.1, 0.15) is 0 Å². The second kappa shape index (κ2) is 6.04. The van der Waals surface area contributed by atoms with Gasteiger partial charge in [0.05, 0.1) is 19.3 Å². The van der Waals surface area contributed by atoms with Gasteiger partial charge >= 0.3 is 0 Å². The maximum atomic E-state index is 5.83. The van der Waals surface area contributed by atoms with Gasteiger partial charge in [-0.15, -0.1) is 0 Å². The molecule has 0 radical (unpaired) electrons. The van der Waals surface area contributed by atoms with Gasteiger partial charge in [0.2, 0.25) is 0 Å². The Balaban J connectivity index is 1.86. The Bertz CT molecular complexity index is 415. The lowest BCUT2D eigenvalue weighted by molar-refractivity contribution is 0.0167. The van der Waals surface area contributed by atoms with Gasteiger partial charge in [-0.3, -0.25) is 4.90 Å². The van der Waals surface area contributed by atoms with E-state index in [2.05, 4.69) is 41.4 Å². The minimum Gasteiger partial charge on any atom is -0.375 e. The standard InChI is InChI=1S/C16H24N2O/c1-2-9-18(14-7-8-17-10-14)16-12-19-11-13-5-3-4-6-15(13)16/h3-6,14,16-17H,2,7-12H2,1H3. The Hall–Kier alpha value is -0.900. The predicted octanol–water partition coefficient (Wildman–Crippen LogP) is 2.33. The second-order valence-corrected chi connectivity index (χ2v) is 5.61. The van der Waals surface area contributed by atoms with Gasteiger partial charge in [0.15, 0.2) is 0 Å². The summed E-state index contributed by atoms with van der Waals surface area (Å²) in [5, 5.41) is 3.49.